The molecule has 2 heterocycles. The molecule has 4 aromatic rings. The number of nitrogens with one attached hydrogen (secondary N) is 1. The van der Waals surface area contributed by atoms with Gasteiger partial charge in [-0.3, -0.25) is 24.4 Å². The van der Waals surface area contributed by atoms with E-state index in [9.17, 15) is 25.0 Å². The van der Waals surface area contributed by atoms with E-state index in [2.05, 4.69) is 5.32 Å². The molecule has 0 saturated heterocycles. The van der Waals surface area contributed by atoms with Crippen LogP contribution in [-0.2, 0) is 11.8 Å². The third kappa shape index (κ3) is 4.51. The first-order valence-corrected chi connectivity index (χ1v) is 10.4. The highest BCUT2D eigenvalue weighted by molar-refractivity contribution is 6.09. The SMILES string of the molecule is Cc1c(NC(=O)/C(C#N)=C\c2ccc(-c3ccc([N+](=O)[O-])cc3)o2)c(=O)n(-c2ccccc2)n1C. The molecule has 1 N–H and O–H groups in total. The number of non-ortho nitro benzene ring substituents is 1. The smallest absolute Gasteiger partial charge is 0.295 e. The number of benzene rings is 2. The van der Waals surface area contributed by atoms with Crippen LogP contribution < -0.4 is 10.9 Å². The van der Waals surface area contributed by atoms with Gasteiger partial charge in [0.1, 0.15) is 28.9 Å². The summed E-state index contributed by atoms with van der Waals surface area (Å²) >= 11 is 0. The van der Waals surface area contributed by atoms with Crippen molar-refractivity contribution in [3.8, 4) is 23.1 Å². The van der Waals surface area contributed by atoms with E-state index >= 15 is 0 Å². The molecule has 0 unspecified atom stereocenters. The van der Waals surface area contributed by atoms with E-state index in [1.807, 2.05) is 12.1 Å². The number of nitrogens with zero attached hydrogens (tertiary/aromatic N) is 4. The number of rotatable bonds is 6. The van der Waals surface area contributed by atoms with Crippen LogP contribution in [-0.4, -0.2) is 20.2 Å². The van der Waals surface area contributed by atoms with Crippen LogP contribution in [0.3, 0.4) is 0 Å². The topological polar surface area (TPSA) is 136 Å². The highest BCUT2D eigenvalue weighted by atomic mass is 16.6. The summed E-state index contributed by atoms with van der Waals surface area (Å²) in [5.41, 5.74) is 1.07. The number of nitriles is 1. The molecule has 0 fully saturated rings. The second kappa shape index (κ2) is 9.36. The van der Waals surface area contributed by atoms with Crippen LogP contribution in [0.15, 0.2) is 81.5 Å². The number of carbonyl (C=O) groups is 1. The maximum Gasteiger partial charge on any atom is 0.295 e. The van der Waals surface area contributed by atoms with Crippen molar-refractivity contribution in [3.63, 3.8) is 0 Å². The average molecular weight is 469 g/mol. The molecule has 174 valence electrons. The Balaban J connectivity index is 1.59. The van der Waals surface area contributed by atoms with Gasteiger partial charge in [0.2, 0.25) is 0 Å². The Hall–Kier alpha value is -5.17. The maximum absolute atomic E-state index is 13.0. The summed E-state index contributed by atoms with van der Waals surface area (Å²) in [6.07, 6.45) is 1.26. The van der Waals surface area contributed by atoms with Gasteiger partial charge in [-0.15, -0.1) is 0 Å². The Morgan fingerprint density at radius 3 is 2.43 bits per heavy atom. The molecule has 2 aromatic heterocycles. The lowest BCUT2D eigenvalue weighted by Crippen LogP contribution is -2.23. The summed E-state index contributed by atoms with van der Waals surface area (Å²) in [5, 5.41) is 22.9. The number of amides is 1. The van der Waals surface area contributed by atoms with Crippen LogP contribution in [0.25, 0.3) is 23.1 Å². The van der Waals surface area contributed by atoms with Crippen molar-refractivity contribution in [2.75, 3.05) is 5.32 Å². The van der Waals surface area contributed by atoms with Crippen molar-refractivity contribution in [2.24, 2.45) is 7.05 Å². The highest BCUT2D eigenvalue weighted by Crippen LogP contribution is 2.25. The number of aromatic nitrogens is 2. The lowest BCUT2D eigenvalue weighted by atomic mass is 10.1. The normalized spacial score (nSPS) is 11.2. The molecule has 0 atom stereocenters. The minimum atomic E-state index is -0.758. The monoisotopic (exact) mass is 469 g/mol. The second-order valence-corrected chi connectivity index (χ2v) is 7.57. The molecule has 0 aliphatic carbocycles. The number of hydrogen-bond acceptors (Lipinski definition) is 6. The minimum Gasteiger partial charge on any atom is -0.457 e. The number of nitro groups is 1. The highest BCUT2D eigenvalue weighted by Gasteiger charge is 2.20. The first-order valence-electron chi connectivity index (χ1n) is 10.4. The Kier molecular flexibility index (Phi) is 6.16. The number of furan rings is 1. The fourth-order valence-electron chi connectivity index (χ4n) is 3.52. The fourth-order valence-corrected chi connectivity index (χ4v) is 3.52. The molecule has 4 rings (SSSR count). The Morgan fingerprint density at radius 1 is 1.11 bits per heavy atom. The van der Waals surface area contributed by atoms with Gasteiger partial charge in [-0.25, -0.2) is 4.68 Å². The summed E-state index contributed by atoms with van der Waals surface area (Å²) < 4.78 is 8.72. The quantitative estimate of drug-likeness (QED) is 0.195. The molecule has 0 radical (unpaired) electrons. The predicted octanol–water partition coefficient (Wildman–Crippen LogP) is 4.20. The molecule has 0 aliphatic heterocycles. The van der Waals surface area contributed by atoms with Crippen molar-refractivity contribution in [2.45, 2.75) is 6.92 Å². The van der Waals surface area contributed by atoms with Crippen molar-refractivity contribution < 1.29 is 14.1 Å². The van der Waals surface area contributed by atoms with Gasteiger partial charge in [-0.05, 0) is 43.3 Å². The van der Waals surface area contributed by atoms with Crippen molar-refractivity contribution in [1.29, 1.82) is 5.26 Å². The van der Waals surface area contributed by atoms with Gasteiger partial charge < -0.3 is 9.73 Å². The molecule has 10 heteroatoms. The van der Waals surface area contributed by atoms with E-state index in [0.29, 0.717) is 22.7 Å². The molecule has 0 aliphatic rings. The number of carbonyl (C=O) groups excluding carboxylic acids is 1. The zero-order valence-electron chi connectivity index (χ0n) is 18.8. The Morgan fingerprint density at radius 2 is 1.80 bits per heavy atom. The molecular formula is C25H19N5O5. The van der Waals surface area contributed by atoms with Crippen molar-refractivity contribution in [1.82, 2.24) is 9.36 Å². The van der Waals surface area contributed by atoms with E-state index in [0.717, 1.165) is 0 Å². The van der Waals surface area contributed by atoms with E-state index in [1.54, 1.807) is 55.1 Å². The van der Waals surface area contributed by atoms with Gasteiger partial charge in [-0.2, -0.15) is 5.26 Å². The van der Waals surface area contributed by atoms with Gasteiger partial charge in [0, 0.05) is 30.8 Å². The Labute approximate surface area is 199 Å². The summed E-state index contributed by atoms with van der Waals surface area (Å²) in [6, 6.07) is 19.8. The fraction of sp³-hybridized carbons (Fsp3) is 0.0800. The number of hydrogen-bond donors (Lipinski definition) is 1. The van der Waals surface area contributed by atoms with Crippen LogP contribution in [0.5, 0.6) is 0 Å². The lowest BCUT2D eigenvalue weighted by Gasteiger charge is -2.07. The van der Waals surface area contributed by atoms with Crippen LogP contribution in [0.2, 0.25) is 0 Å². The number of para-hydroxylation sites is 1. The molecule has 35 heavy (non-hydrogen) atoms. The van der Waals surface area contributed by atoms with Gasteiger partial charge >= 0.3 is 0 Å². The third-order valence-electron chi connectivity index (χ3n) is 5.43. The van der Waals surface area contributed by atoms with Crippen LogP contribution in [0.1, 0.15) is 11.5 Å². The molecule has 0 bridgehead atoms. The standard InChI is InChI=1S/C25H19N5O5/c1-16-23(25(32)29(28(16)2)19-6-4-3-5-7-19)27-24(31)18(15-26)14-21-12-13-22(35-21)17-8-10-20(11-9-17)30(33)34/h3-14H,1-2H3,(H,27,31)/b18-14-. The van der Waals surface area contributed by atoms with Crippen LogP contribution in [0, 0.1) is 28.4 Å². The van der Waals surface area contributed by atoms with Gasteiger partial charge in [0.05, 0.1) is 16.3 Å². The van der Waals surface area contributed by atoms with Crippen molar-refractivity contribution in [3.05, 3.63) is 104 Å². The van der Waals surface area contributed by atoms with Gasteiger partial charge in [-0.1, -0.05) is 18.2 Å². The first kappa shape index (κ1) is 23.0. The summed E-state index contributed by atoms with van der Waals surface area (Å²) in [7, 11) is 1.70. The first-order chi connectivity index (χ1) is 16.8. The van der Waals surface area contributed by atoms with E-state index < -0.39 is 16.4 Å². The van der Waals surface area contributed by atoms with E-state index in [1.165, 1.54) is 35.0 Å². The molecule has 10 nitrogen and oxygen atoms in total. The van der Waals surface area contributed by atoms with Crippen LogP contribution >= 0.6 is 0 Å². The minimum absolute atomic E-state index is 0.0496. The molecular weight excluding hydrogens is 450 g/mol. The van der Waals surface area contributed by atoms with E-state index in [4.69, 9.17) is 4.42 Å². The second-order valence-electron chi connectivity index (χ2n) is 7.57. The van der Waals surface area contributed by atoms with Crippen molar-refractivity contribution >= 4 is 23.4 Å². The average Bonchev–Trinajstić information content (AvgIpc) is 3.41. The van der Waals surface area contributed by atoms with Crippen LogP contribution in [0.4, 0.5) is 11.4 Å². The zero-order valence-corrected chi connectivity index (χ0v) is 18.8. The molecule has 1 amide bonds. The van der Waals surface area contributed by atoms with E-state index in [-0.39, 0.29) is 22.7 Å². The molecule has 2 aromatic carbocycles. The predicted molar refractivity (Wildman–Crippen MR) is 129 cm³/mol. The Bertz CT molecular complexity index is 1550. The maximum atomic E-state index is 13.0. The molecule has 0 saturated carbocycles. The third-order valence-corrected chi connectivity index (χ3v) is 5.43. The largest absolute Gasteiger partial charge is 0.457 e. The summed E-state index contributed by atoms with van der Waals surface area (Å²) in [5.74, 6) is -0.114. The van der Waals surface area contributed by atoms with Gasteiger partial charge in [0.15, 0.2) is 0 Å². The van der Waals surface area contributed by atoms with Gasteiger partial charge in [0.25, 0.3) is 17.2 Å². The molecule has 0 spiro atoms. The lowest BCUT2D eigenvalue weighted by molar-refractivity contribution is -0.384. The summed E-state index contributed by atoms with van der Waals surface area (Å²) in [4.78, 5) is 36.2. The number of nitro benzene ring substituents is 1. The number of anilines is 1. The zero-order chi connectivity index (χ0) is 25.1. The summed E-state index contributed by atoms with van der Waals surface area (Å²) in [6.45, 7) is 1.69.